The van der Waals surface area contributed by atoms with Crippen LogP contribution in [-0.2, 0) is 15.9 Å². The average molecular weight is 549 g/mol. The highest BCUT2D eigenvalue weighted by molar-refractivity contribution is 14.0. The standard InChI is InChI=1S/C21H35N5O4.HI/c1-2-29-21(27)26-12-10-25(11-13-26)20(23-8-6-19-5-3-16-30-19)22-7-4-9-24-14-17-28-18-15-24;/h3,5,16H,2,4,6-15,17-18H2,1H3,(H,22,23);1H. The monoisotopic (exact) mass is 549 g/mol. The molecule has 1 amide bonds. The number of nitrogens with one attached hydrogen (secondary N) is 1. The third-order valence-corrected chi connectivity index (χ3v) is 5.34. The molecule has 0 spiro atoms. The summed E-state index contributed by atoms with van der Waals surface area (Å²) in [6.45, 7) is 11.3. The topological polar surface area (TPSA) is 82.8 Å². The van der Waals surface area contributed by atoms with E-state index in [9.17, 15) is 4.79 Å². The van der Waals surface area contributed by atoms with Crippen LogP contribution in [0.25, 0.3) is 0 Å². The van der Waals surface area contributed by atoms with Gasteiger partial charge in [0.2, 0.25) is 0 Å². The Morgan fingerprint density at radius 2 is 1.90 bits per heavy atom. The number of morpholine rings is 1. The highest BCUT2D eigenvalue weighted by Crippen LogP contribution is 2.06. The first kappa shape index (κ1) is 25.7. The smallest absolute Gasteiger partial charge is 0.409 e. The maximum Gasteiger partial charge on any atom is 0.409 e. The number of amides is 1. The van der Waals surface area contributed by atoms with Crippen LogP contribution in [0.5, 0.6) is 0 Å². The van der Waals surface area contributed by atoms with Crippen LogP contribution in [0.15, 0.2) is 27.8 Å². The molecule has 1 aromatic heterocycles. The first-order valence-electron chi connectivity index (χ1n) is 11.0. The van der Waals surface area contributed by atoms with Gasteiger partial charge in [-0.1, -0.05) is 0 Å². The first-order valence-corrected chi connectivity index (χ1v) is 11.0. The lowest BCUT2D eigenvalue weighted by Crippen LogP contribution is -2.54. The number of carbonyl (C=O) groups is 1. The van der Waals surface area contributed by atoms with Crippen LogP contribution < -0.4 is 5.32 Å². The number of nitrogens with zero attached hydrogens (tertiary/aromatic N) is 4. The molecule has 1 N–H and O–H groups in total. The summed E-state index contributed by atoms with van der Waals surface area (Å²) >= 11 is 0. The zero-order valence-electron chi connectivity index (χ0n) is 18.5. The average Bonchev–Trinajstić information content (AvgIpc) is 3.30. The Labute approximate surface area is 202 Å². The van der Waals surface area contributed by atoms with Crippen molar-refractivity contribution in [3.8, 4) is 0 Å². The second kappa shape index (κ2) is 14.5. The molecule has 0 unspecified atom stereocenters. The van der Waals surface area contributed by atoms with Gasteiger partial charge in [0, 0.05) is 65.3 Å². The van der Waals surface area contributed by atoms with Crippen LogP contribution >= 0.6 is 24.0 Å². The van der Waals surface area contributed by atoms with Crippen molar-refractivity contribution >= 4 is 36.0 Å². The minimum atomic E-state index is -0.230. The predicted molar refractivity (Wildman–Crippen MR) is 130 cm³/mol. The molecule has 0 saturated carbocycles. The van der Waals surface area contributed by atoms with Crippen molar-refractivity contribution in [1.82, 2.24) is 20.0 Å². The minimum absolute atomic E-state index is 0. The van der Waals surface area contributed by atoms with Crippen molar-refractivity contribution in [2.45, 2.75) is 19.8 Å². The maximum absolute atomic E-state index is 12.0. The lowest BCUT2D eigenvalue weighted by Gasteiger charge is -2.36. The summed E-state index contributed by atoms with van der Waals surface area (Å²) in [6, 6.07) is 3.89. The number of hydrogen-bond acceptors (Lipinski definition) is 6. The van der Waals surface area contributed by atoms with Gasteiger partial charge in [0.1, 0.15) is 5.76 Å². The van der Waals surface area contributed by atoms with Crippen molar-refractivity contribution in [3.05, 3.63) is 24.2 Å². The van der Waals surface area contributed by atoms with E-state index in [2.05, 4.69) is 15.1 Å². The molecule has 176 valence electrons. The number of hydrogen-bond donors (Lipinski definition) is 1. The minimum Gasteiger partial charge on any atom is -0.469 e. The van der Waals surface area contributed by atoms with Crippen LogP contribution in [0.3, 0.4) is 0 Å². The van der Waals surface area contributed by atoms with E-state index >= 15 is 0 Å². The van der Waals surface area contributed by atoms with Crippen molar-refractivity contribution in [1.29, 1.82) is 0 Å². The van der Waals surface area contributed by atoms with E-state index in [-0.39, 0.29) is 30.1 Å². The van der Waals surface area contributed by atoms with Gasteiger partial charge in [-0.05, 0) is 25.5 Å². The molecule has 0 aliphatic carbocycles. The summed E-state index contributed by atoms with van der Waals surface area (Å²) in [6.07, 6.45) is 3.30. The molecule has 3 rings (SSSR count). The summed E-state index contributed by atoms with van der Waals surface area (Å²) in [5.74, 6) is 1.87. The van der Waals surface area contributed by atoms with E-state index in [0.29, 0.717) is 19.7 Å². The molecular formula is C21H36IN5O4. The number of furan rings is 1. The highest BCUT2D eigenvalue weighted by Gasteiger charge is 2.23. The van der Waals surface area contributed by atoms with E-state index in [0.717, 1.165) is 83.6 Å². The lowest BCUT2D eigenvalue weighted by atomic mass is 10.3. The molecule has 2 saturated heterocycles. The predicted octanol–water partition coefficient (Wildman–Crippen LogP) is 1.88. The largest absolute Gasteiger partial charge is 0.469 e. The Morgan fingerprint density at radius 3 is 2.58 bits per heavy atom. The molecule has 1 aromatic rings. The molecule has 2 aliphatic heterocycles. The Morgan fingerprint density at radius 1 is 1.16 bits per heavy atom. The zero-order valence-corrected chi connectivity index (χ0v) is 20.8. The second-order valence-corrected chi connectivity index (χ2v) is 7.44. The number of ether oxygens (including phenoxy) is 2. The van der Waals surface area contributed by atoms with E-state index in [1.165, 1.54) is 0 Å². The molecule has 3 heterocycles. The van der Waals surface area contributed by atoms with Gasteiger partial charge >= 0.3 is 6.09 Å². The van der Waals surface area contributed by atoms with Gasteiger partial charge in [-0.15, -0.1) is 24.0 Å². The Kier molecular flexibility index (Phi) is 12.0. The molecule has 2 fully saturated rings. The van der Waals surface area contributed by atoms with Gasteiger partial charge in [-0.2, -0.15) is 0 Å². The van der Waals surface area contributed by atoms with Gasteiger partial charge in [0.15, 0.2) is 5.96 Å². The second-order valence-electron chi connectivity index (χ2n) is 7.44. The van der Waals surface area contributed by atoms with Gasteiger partial charge in [-0.3, -0.25) is 9.89 Å². The molecule has 0 radical (unpaired) electrons. The van der Waals surface area contributed by atoms with Crippen LogP contribution in [0, 0.1) is 0 Å². The Bertz CT molecular complexity index is 644. The van der Waals surface area contributed by atoms with E-state index < -0.39 is 0 Å². The molecule has 0 atom stereocenters. The summed E-state index contributed by atoms with van der Waals surface area (Å²) in [5, 5.41) is 3.48. The third kappa shape index (κ3) is 8.85. The summed E-state index contributed by atoms with van der Waals surface area (Å²) in [5.41, 5.74) is 0. The molecule has 2 aliphatic rings. The Hall–Kier alpha value is -1.53. The van der Waals surface area contributed by atoms with E-state index in [4.69, 9.17) is 18.9 Å². The van der Waals surface area contributed by atoms with Gasteiger partial charge in [0.05, 0.1) is 26.1 Å². The molecular weight excluding hydrogens is 513 g/mol. The third-order valence-electron chi connectivity index (χ3n) is 5.34. The van der Waals surface area contributed by atoms with Crippen molar-refractivity contribution in [3.63, 3.8) is 0 Å². The normalized spacial score (nSPS) is 17.9. The van der Waals surface area contributed by atoms with Crippen LogP contribution in [-0.4, -0.2) is 105 Å². The van der Waals surface area contributed by atoms with E-state index in [1.807, 2.05) is 19.1 Å². The van der Waals surface area contributed by atoms with Gasteiger partial charge in [0.25, 0.3) is 0 Å². The Balaban J connectivity index is 0.00000341. The fourth-order valence-corrected chi connectivity index (χ4v) is 3.64. The quantitative estimate of drug-likeness (QED) is 0.230. The number of halogens is 1. The summed E-state index contributed by atoms with van der Waals surface area (Å²) in [4.78, 5) is 23.2. The number of aliphatic imine (C=N–C) groups is 1. The number of rotatable bonds is 8. The zero-order chi connectivity index (χ0) is 21.0. The van der Waals surface area contributed by atoms with Crippen molar-refractivity contribution < 1.29 is 18.7 Å². The van der Waals surface area contributed by atoms with Crippen LogP contribution in [0.1, 0.15) is 19.1 Å². The van der Waals surface area contributed by atoms with Crippen LogP contribution in [0.4, 0.5) is 4.79 Å². The SMILES string of the molecule is CCOC(=O)N1CCN(C(=NCCCN2CCOCC2)NCCc2ccco2)CC1.I. The number of guanidine groups is 1. The molecule has 9 nitrogen and oxygen atoms in total. The van der Waals surface area contributed by atoms with Crippen molar-refractivity contribution in [2.75, 3.05) is 78.7 Å². The number of piperazine rings is 1. The number of carbonyl (C=O) groups excluding carboxylic acids is 1. The lowest BCUT2D eigenvalue weighted by molar-refractivity contribution is 0.0377. The molecule has 10 heteroatoms. The fraction of sp³-hybridized carbons (Fsp3) is 0.714. The fourth-order valence-electron chi connectivity index (χ4n) is 3.64. The van der Waals surface area contributed by atoms with Crippen molar-refractivity contribution in [2.24, 2.45) is 4.99 Å². The highest BCUT2D eigenvalue weighted by atomic mass is 127. The van der Waals surface area contributed by atoms with E-state index in [1.54, 1.807) is 11.2 Å². The molecule has 0 bridgehead atoms. The first-order chi connectivity index (χ1) is 14.8. The summed E-state index contributed by atoms with van der Waals surface area (Å²) in [7, 11) is 0. The molecule has 31 heavy (non-hydrogen) atoms. The maximum atomic E-state index is 12.0. The van der Waals surface area contributed by atoms with Crippen LogP contribution in [0.2, 0.25) is 0 Å². The summed E-state index contributed by atoms with van der Waals surface area (Å²) < 4.78 is 16.0. The molecule has 0 aromatic carbocycles. The van der Waals surface area contributed by atoms with Gasteiger partial charge in [-0.25, -0.2) is 4.79 Å². The van der Waals surface area contributed by atoms with Gasteiger partial charge < -0.3 is 29.0 Å².